The smallest absolute Gasteiger partial charge is 0.190 e. The molecule has 0 amide bonds. The Bertz CT molecular complexity index is 654. The van der Waals surface area contributed by atoms with E-state index >= 15 is 0 Å². The molecule has 0 saturated carbocycles. The first-order valence-electron chi connectivity index (χ1n) is 5.81. The fraction of sp³-hybridized carbons (Fsp3) is 0.167. The molecule has 2 aromatic rings. The van der Waals surface area contributed by atoms with E-state index in [0.29, 0.717) is 0 Å². The van der Waals surface area contributed by atoms with Crippen LogP contribution < -0.4 is 0 Å². The number of aliphatic imine (C=N–C) groups is 1. The molecular weight excluding hydrogens is 228 g/mol. The Hall–Kier alpha value is -2.50. The highest BCUT2D eigenvalue weighted by Gasteiger charge is 2.28. The van der Waals surface area contributed by atoms with Gasteiger partial charge in [-0.05, 0) is 12.1 Å². The number of aromatic nitrogens is 2. The highest BCUT2D eigenvalue weighted by molar-refractivity contribution is 6.03. The van der Waals surface area contributed by atoms with Crippen LogP contribution in [0.15, 0.2) is 51.9 Å². The topological polar surface area (TPSA) is 58.1 Å². The van der Waals surface area contributed by atoms with E-state index in [-0.39, 0.29) is 0 Å². The lowest BCUT2D eigenvalue weighted by atomic mass is 10.2. The highest BCUT2D eigenvalue weighted by Crippen LogP contribution is 2.30. The number of rotatable bonds is 1. The summed E-state index contributed by atoms with van der Waals surface area (Å²) in [6, 6.07) is 9.91. The third kappa shape index (κ3) is 1.22. The van der Waals surface area contributed by atoms with Crippen molar-refractivity contribution in [1.82, 2.24) is 14.8 Å². The molecule has 6 heteroatoms. The highest BCUT2D eigenvalue weighted by atomic mass is 15.6. The predicted octanol–water partition coefficient (Wildman–Crippen LogP) is 1.95. The van der Waals surface area contributed by atoms with Crippen LogP contribution >= 0.6 is 0 Å². The Kier molecular flexibility index (Phi) is 1.85. The zero-order valence-corrected chi connectivity index (χ0v) is 9.56. The zero-order valence-electron chi connectivity index (χ0n) is 9.56. The van der Waals surface area contributed by atoms with Gasteiger partial charge in [-0.1, -0.05) is 23.4 Å². The molecule has 2 aliphatic heterocycles. The van der Waals surface area contributed by atoms with Crippen LogP contribution in [0.1, 0.15) is 5.56 Å². The molecule has 0 fully saturated rings. The van der Waals surface area contributed by atoms with Gasteiger partial charge >= 0.3 is 0 Å². The van der Waals surface area contributed by atoms with Crippen LogP contribution in [0.2, 0.25) is 0 Å². The SMILES string of the molecule is c1ccc(-n2ncc3c2N=NN2CCN=C32)cc1. The van der Waals surface area contributed by atoms with Gasteiger partial charge in [-0.15, -0.1) is 5.11 Å². The molecule has 1 aromatic heterocycles. The predicted molar refractivity (Wildman–Crippen MR) is 66.2 cm³/mol. The van der Waals surface area contributed by atoms with E-state index in [9.17, 15) is 0 Å². The maximum Gasteiger partial charge on any atom is 0.190 e. The van der Waals surface area contributed by atoms with Crippen molar-refractivity contribution in [3.8, 4) is 5.69 Å². The summed E-state index contributed by atoms with van der Waals surface area (Å²) >= 11 is 0. The van der Waals surface area contributed by atoms with Crippen molar-refractivity contribution in [2.75, 3.05) is 13.1 Å². The summed E-state index contributed by atoms with van der Waals surface area (Å²) in [4.78, 5) is 4.44. The standard InChI is InChI=1S/C12H10N6/c1-2-4-9(5-3-1)18-12-10(8-14-18)11-13-6-7-17(11)16-15-12/h1-5,8H,6-7H2. The average molecular weight is 238 g/mol. The molecule has 0 N–H and O–H groups in total. The number of amidine groups is 1. The van der Waals surface area contributed by atoms with E-state index in [4.69, 9.17) is 0 Å². The fourth-order valence-electron chi connectivity index (χ4n) is 2.20. The summed E-state index contributed by atoms with van der Waals surface area (Å²) in [6.45, 7) is 1.57. The number of hydrogen-bond acceptors (Lipinski definition) is 5. The Morgan fingerprint density at radius 1 is 1.11 bits per heavy atom. The molecule has 1 aromatic carbocycles. The number of nitrogens with zero attached hydrogens (tertiary/aromatic N) is 6. The van der Waals surface area contributed by atoms with Crippen molar-refractivity contribution in [3.63, 3.8) is 0 Å². The number of hydrogen-bond donors (Lipinski definition) is 0. The van der Waals surface area contributed by atoms with E-state index in [0.717, 1.165) is 36.0 Å². The van der Waals surface area contributed by atoms with Crippen LogP contribution in [0.4, 0.5) is 5.82 Å². The molecule has 88 valence electrons. The first-order valence-corrected chi connectivity index (χ1v) is 5.81. The molecule has 0 bridgehead atoms. The van der Waals surface area contributed by atoms with Gasteiger partial charge in [0.25, 0.3) is 0 Å². The molecular formula is C12H10N6. The van der Waals surface area contributed by atoms with Crippen molar-refractivity contribution < 1.29 is 0 Å². The van der Waals surface area contributed by atoms with Crippen molar-refractivity contribution in [2.45, 2.75) is 0 Å². The third-order valence-corrected chi connectivity index (χ3v) is 3.05. The van der Waals surface area contributed by atoms with Gasteiger partial charge in [0.2, 0.25) is 0 Å². The molecule has 0 atom stereocenters. The van der Waals surface area contributed by atoms with Gasteiger partial charge in [0, 0.05) is 0 Å². The normalized spacial score (nSPS) is 16.4. The Balaban J connectivity index is 1.89. The largest absolute Gasteiger partial charge is 0.264 e. The summed E-state index contributed by atoms with van der Waals surface area (Å²) < 4.78 is 1.79. The second-order valence-corrected chi connectivity index (χ2v) is 4.15. The molecule has 0 unspecified atom stereocenters. The molecule has 4 rings (SSSR count). The maximum absolute atomic E-state index is 4.44. The first kappa shape index (κ1) is 9.52. The van der Waals surface area contributed by atoms with Crippen molar-refractivity contribution in [3.05, 3.63) is 42.1 Å². The van der Waals surface area contributed by atoms with Crippen LogP contribution in [0.3, 0.4) is 0 Å². The lowest BCUT2D eigenvalue weighted by molar-refractivity contribution is 0.451. The van der Waals surface area contributed by atoms with Crippen LogP contribution in [0.25, 0.3) is 5.69 Å². The van der Waals surface area contributed by atoms with Gasteiger partial charge in [-0.2, -0.15) is 5.10 Å². The molecule has 0 saturated heterocycles. The van der Waals surface area contributed by atoms with Crippen LogP contribution in [0, 0.1) is 0 Å². The Morgan fingerprint density at radius 2 is 2.00 bits per heavy atom. The molecule has 0 radical (unpaired) electrons. The second-order valence-electron chi connectivity index (χ2n) is 4.15. The summed E-state index contributed by atoms with van der Waals surface area (Å²) in [5.74, 6) is 1.63. The van der Waals surface area contributed by atoms with Crippen LogP contribution in [-0.4, -0.2) is 33.7 Å². The van der Waals surface area contributed by atoms with Gasteiger partial charge in [0.15, 0.2) is 11.7 Å². The second kappa shape index (κ2) is 3.49. The van der Waals surface area contributed by atoms with Crippen molar-refractivity contribution in [2.24, 2.45) is 15.3 Å². The number of benzene rings is 1. The van der Waals surface area contributed by atoms with E-state index in [1.807, 2.05) is 35.3 Å². The van der Waals surface area contributed by atoms with E-state index in [1.54, 1.807) is 10.9 Å². The lowest BCUT2D eigenvalue weighted by Gasteiger charge is -2.16. The van der Waals surface area contributed by atoms with Gasteiger partial charge in [0.05, 0.1) is 30.5 Å². The van der Waals surface area contributed by atoms with Crippen molar-refractivity contribution in [1.29, 1.82) is 0 Å². The quantitative estimate of drug-likeness (QED) is 0.762. The van der Waals surface area contributed by atoms with Crippen molar-refractivity contribution >= 4 is 11.7 Å². The van der Waals surface area contributed by atoms with E-state index in [1.165, 1.54) is 0 Å². The molecule has 3 heterocycles. The van der Waals surface area contributed by atoms with E-state index < -0.39 is 0 Å². The maximum atomic E-state index is 4.44. The lowest BCUT2D eigenvalue weighted by Crippen LogP contribution is -2.24. The zero-order chi connectivity index (χ0) is 11.9. The minimum absolute atomic E-state index is 0.748. The molecule has 6 nitrogen and oxygen atoms in total. The molecule has 2 aliphatic rings. The molecule has 0 aliphatic carbocycles. The Morgan fingerprint density at radius 3 is 2.89 bits per heavy atom. The van der Waals surface area contributed by atoms with Crippen LogP contribution in [0.5, 0.6) is 0 Å². The Labute approximate surface area is 103 Å². The van der Waals surface area contributed by atoms with Gasteiger partial charge in [0.1, 0.15) is 0 Å². The summed E-state index contributed by atoms with van der Waals surface area (Å²) in [6.07, 6.45) is 1.80. The van der Waals surface area contributed by atoms with Crippen LogP contribution in [-0.2, 0) is 0 Å². The summed E-state index contributed by atoms with van der Waals surface area (Å²) in [5.41, 5.74) is 1.93. The minimum Gasteiger partial charge on any atom is -0.264 e. The summed E-state index contributed by atoms with van der Waals surface area (Å²) in [5, 5.41) is 14.6. The average Bonchev–Trinajstić information content (AvgIpc) is 3.05. The first-order chi connectivity index (χ1) is 8.93. The number of para-hydroxylation sites is 1. The van der Waals surface area contributed by atoms with E-state index in [2.05, 4.69) is 20.4 Å². The summed E-state index contributed by atoms with van der Waals surface area (Å²) in [7, 11) is 0. The fourth-order valence-corrected chi connectivity index (χ4v) is 2.20. The number of fused-ring (bicyclic) bond motifs is 3. The minimum atomic E-state index is 0.748. The third-order valence-electron chi connectivity index (χ3n) is 3.05. The monoisotopic (exact) mass is 238 g/mol. The molecule has 18 heavy (non-hydrogen) atoms. The van der Waals surface area contributed by atoms with Gasteiger partial charge in [-0.25, -0.2) is 9.69 Å². The van der Waals surface area contributed by atoms with Gasteiger partial charge < -0.3 is 0 Å². The molecule has 0 spiro atoms. The van der Waals surface area contributed by atoms with Gasteiger partial charge in [-0.3, -0.25) is 4.99 Å².